The molecule has 31 heavy (non-hydrogen) atoms. The number of methoxy groups -OCH3 is 1. The molecule has 0 radical (unpaired) electrons. The monoisotopic (exact) mass is 440 g/mol. The lowest BCUT2D eigenvalue weighted by Crippen LogP contribution is -2.42. The first-order valence-corrected chi connectivity index (χ1v) is 11.1. The van der Waals surface area contributed by atoms with Crippen molar-refractivity contribution in [2.24, 2.45) is 0 Å². The van der Waals surface area contributed by atoms with Crippen LogP contribution >= 0.6 is 0 Å². The van der Waals surface area contributed by atoms with Crippen LogP contribution in [0.25, 0.3) is 0 Å². The number of amides is 1. The molecule has 162 valence electrons. The first-order chi connectivity index (χ1) is 14.9. The van der Waals surface area contributed by atoms with E-state index in [1.165, 1.54) is 19.2 Å². The predicted octanol–water partition coefficient (Wildman–Crippen LogP) is 2.74. The highest BCUT2D eigenvalue weighted by Gasteiger charge is 2.27. The molecular formula is C23H24N2O5S. The van der Waals surface area contributed by atoms with Gasteiger partial charge in [0.25, 0.3) is 10.0 Å². The highest BCUT2D eigenvalue weighted by molar-refractivity contribution is 7.92. The molecule has 0 aromatic heterocycles. The number of sulfonamides is 1. The third kappa shape index (κ3) is 5.62. The van der Waals surface area contributed by atoms with Gasteiger partial charge in [-0.1, -0.05) is 48.5 Å². The molecule has 0 unspecified atom stereocenters. The molecule has 0 aliphatic carbocycles. The third-order valence-electron chi connectivity index (χ3n) is 4.66. The Morgan fingerprint density at radius 3 is 2.13 bits per heavy atom. The second-order valence-electron chi connectivity index (χ2n) is 6.75. The van der Waals surface area contributed by atoms with Gasteiger partial charge in [-0.25, -0.2) is 8.42 Å². The van der Waals surface area contributed by atoms with E-state index in [1.54, 1.807) is 66.7 Å². The fraction of sp³-hybridized carbons (Fsp3) is 0.174. The lowest BCUT2D eigenvalue weighted by atomic mass is 10.1. The highest BCUT2D eigenvalue weighted by atomic mass is 32.2. The second-order valence-corrected chi connectivity index (χ2v) is 8.62. The third-order valence-corrected chi connectivity index (χ3v) is 6.44. The Kier molecular flexibility index (Phi) is 7.28. The number of aliphatic hydroxyl groups excluding tert-OH is 1. The van der Waals surface area contributed by atoms with Crippen LogP contribution in [-0.2, 0) is 14.8 Å². The molecule has 2 N–H and O–H groups in total. The number of hydrogen-bond acceptors (Lipinski definition) is 5. The lowest BCUT2D eigenvalue weighted by Gasteiger charge is -2.24. The average molecular weight is 441 g/mol. The first-order valence-electron chi connectivity index (χ1n) is 9.63. The number of anilines is 1. The van der Waals surface area contributed by atoms with E-state index >= 15 is 0 Å². The van der Waals surface area contributed by atoms with Gasteiger partial charge in [0, 0.05) is 6.54 Å². The molecule has 7 nitrogen and oxygen atoms in total. The van der Waals surface area contributed by atoms with Crippen molar-refractivity contribution in [3.8, 4) is 5.75 Å². The smallest absolute Gasteiger partial charge is 0.264 e. The van der Waals surface area contributed by atoms with Gasteiger partial charge < -0.3 is 15.2 Å². The molecule has 0 aliphatic heterocycles. The summed E-state index contributed by atoms with van der Waals surface area (Å²) in [7, 11) is -2.48. The number of benzene rings is 3. The zero-order chi connectivity index (χ0) is 22.3. The number of nitrogens with one attached hydrogen (secondary N) is 1. The largest absolute Gasteiger partial charge is 0.497 e. The zero-order valence-electron chi connectivity index (χ0n) is 17.0. The van der Waals surface area contributed by atoms with Crippen molar-refractivity contribution < 1.29 is 23.1 Å². The minimum absolute atomic E-state index is 0.0370. The Bertz CT molecular complexity index is 1090. The van der Waals surface area contributed by atoms with Crippen molar-refractivity contribution in [1.82, 2.24) is 5.32 Å². The molecule has 3 aromatic carbocycles. The fourth-order valence-electron chi connectivity index (χ4n) is 2.97. The molecule has 0 saturated heterocycles. The van der Waals surface area contributed by atoms with Crippen molar-refractivity contribution in [1.29, 1.82) is 0 Å². The molecule has 1 atom stereocenters. The van der Waals surface area contributed by atoms with E-state index in [2.05, 4.69) is 5.32 Å². The van der Waals surface area contributed by atoms with Crippen molar-refractivity contribution in [2.45, 2.75) is 11.0 Å². The van der Waals surface area contributed by atoms with Gasteiger partial charge in [0.05, 0.1) is 23.8 Å². The Labute approximate surface area is 182 Å². The van der Waals surface area contributed by atoms with Gasteiger partial charge in [-0.3, -0.25) is 9.10 Å². The van der Waals surface area contributed by atoms with Crippen LogP contribution < -0.4 is 14.4 Å². The maximum absolute atomic E-state index is 13.2. The van der Waals surface area contributed by atoms with Crippen LogP contribution in [0.2, 0.25) is 0 Å². The Morgan fingerprint density at radius 2 is 1.55 bits per heavy atom. The predicted molar refractivity (Wildman–Crippen MR) is 118 cm³/mol. The summed E-state index contributed by atoms with van der Waals surface area (Å²) in [6, 6.07) is 23.2. The molecule has 0 fully saturated rings. The van der Waals surface area contributed by atoms with Gasteiger partial charge in [-0.15, -0.1) is 0 Å². The van der Waals surface area contributed by atoms with Crippen molar-refractivity contribution in [2.75, 3.05) is 24.5 Å². The van der Waals surface area contributed by atoms with Gasteiger partial charge in [0.15, 0.2) is 0 Å². The highest BCUT2D eigenvalue weighted by Crippen LogP contribution is 2.25. The fourth-order valence-corrected chi connectivity index (χ4v) is 4.42. The Morgan fingerprint density at radius 1 is 0.968 bits per heavy atom. The van der Waals surface area contributed by atoms with E-state index in [-0.39, 0.29) is 11.4 Å². The van der Waals surface area contributed by atoms with Gasteiger partial charge in [0.2, 0.25) is 5.91 Å². The molecule has 0 saturated carbocycles. The van der Waals surface area contributed by atoms with Crippen LogP contribution in [-0.4, -0.2) is 39.6 Å². The molecule has 3 rings (SSSR count). The van der Waals surface area contributed by atoms with E-state index < -0.39 is 28.6 Å². The molecule has 0 bridgehead atoms. The summed E-state index contributed by atoms with van der Waals surface area (Å²) in [5.74, 6) is 0.0292. The summed E-state index contributed by atoms with van der Waals surface area (Å²) in [6.07, 6.45) is -0.898. The Hall–Kier alpha value is -3.36. The maximum Gasteiger partial charge on any atom is 0.264 e. The van der Waals surface area contributed by atoms with Crippen LogP contribution in [0.1, 0.15) is 11.7 Å². The number of rotatable bonds is 9. The van der Waals surface area contributed by atoms with E-state index in [9.17, 15) is 18.3 Å². The molecule has 0 heterocycles. The number of carbonyl (C=O) groups is 1. The van der Waals surface area contributed by atoms with Crippen molar-refractivity contribution >= 4 is 21.6 Å². The number of carbonyl (C=O) groups excluding carboxylic acids is 1. The zero-order valence-corrected chi connectivity index (χ0v) is 17.8. The molecular weight excluding hydrogens is 416 g/mol. The number of ether oxygens (including phenoxy) is 1. The summed E-state index contributed by atoms with van der Waals surface area (Å²) in [4.78, 5) is 12.7. The van der Waals surface area contributed by atoms with E-state index in [1.807, 2.05) is 6.07 Å². The van der Waals surface area contributed by atoms with Crippen molar-refractivity contribution in [3.05, 3.63) is 90.5 Å². The van der Waals surface area contributed by atoms with Crippen LogP contribution in [0.15, 0.2) is 89.8 Å². The standard InChI is InChI=1S/C23H24N2O5S/c1-30-20-14-12-19(13-15-20)25(31(28,29)21-10-6-3-7-11-21)17-23(27)24-16-22(26)18-8-4-2-5-9-18/h2-15,22,26H,16-17H2,1H3,(H,24,27)/t22-/m1/s1. The minimum atomic E-state index is -3.99. The number of nitrogens with zero attached hydrogens (tertiary/aromatic N) is 1. The number of hydrogen-bond donors (Lipinski definition) is 2. The summed E-state index contributed by atoms with van der Waals surface area (Å²) in [6.45, 7) is -0.476. The van der Waals surface area contributed by atoms with E-state index in [0.29, 0.717) is 17.0 Å². The SMILES string of the molecule is COc1ccc(N(CC(=O)NC[C@@H](O)c2ccccc2)S(=O)(=O)c2ccccc2)cc1. The lowest BCUT2D eigenvalue weighted by molar-refractivity contribution is -0.120. The summed E-state index contributed by atoms with van der Waals surface area (Å²) in [5, 5.41) is 12.9. The van der Waals surface area contributed by atoms with Crippen LogP contribution in [0.4, 0.5) is 5.69 Å². The number of aliphatic hydroxyl groups is 1. The van der Waals surface area contributed by atoms with Gasteiger partial charge in [0.1, 0.15) is 12.3 Å². The summed E-state index contributed by atoms with van der Waals surface area (Å²) in [5.41, 5.74) is 0.982. The molecule has 0 aliphatic rings. The summed E-state index contributed by atoms with van der Waals surface area (Å²) >= 11 is 0. The van der Waals surface area contributed by atoms with Gasteiger partial charge in [-0.2, -0.15) is 0 Å². The van der Waals surface area contributed by atoms with Crippen LogP contribution in [0.5, 0.6) is 5.75 Å². The first kappa shape index (κ1) is 22.3. The molecule has 3 aromatic rings. The topological polar surface area (TPSA) is 95.9 Å². The normalized spacial score (nSPS) is 12.1. The van der Waals surface area contributed by atoms with Gasteiger partial charge >= 0.3 is 0 Å². The Balaban J connectivity index is 1.80. The molecule has 1 amide bonds. The summed E-state index contributed by atoms with van der Waals surface area (Å²) < 4.78 is 32.7. The second kappa shape index (κ2) is 10.1. The maximum atomic E-state index is 13.2. The quantitative estimate of drug-likeness (QED) is 0.533. The van der Waals surface area contributed by atoms with E-state index in [4.69, 9.17) is 4.74 Å². The van der Waals surface area contributed by atoms with Crippen LogP contribution in [0.3, 0.4) is 0 Å². The van der Waals surface area contributed by atoms with Gasteiger partial charge in [-0.05, 0) is 42.0 Å². The molecule has 8 heteroatoms. The molecule has 0 spiro atoms. The van der Waals surface area contributed by atoms with Crippen LogP contribution in [0, 0.1) is 0 Å². The minimum Gasteiger partial charge on any atom is -0.497 e. The average Bonchev–Trinajstić information content (AvgIpc) is 2.82. The van der Waals surface area contributed by atoms with Crippen molar-refractivity contribution in [3.63, 3.8) is 0 Å². The van der Waals surface area contributed by atoms with E-state index in [0.717, 1.165) is 4.31 Å².